The molecule has 1 aromatic carbocycles. The Balaban J connectivity index is 3.15. The van der Waals surface area contributed by atoms with Gasteiger partial charge in [-0.25, -0.2) is 14.5 Å². The molecule has 0 heterocycles. The van der Waals surface area contributed by atoms with Crippen LogP contribution in [-0.2, 0) is 15.9 Å². The largest absolute Gasteiger partial charge is 0.443 e. The van der Waals surface area contributed by atoms with Gasteiger partial charge in [-0.3, -0.25) is 0 Å². The second kappa shape index (κ2) is 8.32. The number of amides is 2. The quantitative estimate of drug-likeness (QED) is 0.676. The Kier molecular flexibility index (Phi) is 7.09. The van der Waals surface area contributed by atoms with E-state index in [1.54, 1.807) is 41.5 Å². The van der Waals surface area contributed by atoms with Crippen LogP contribution in [0.2, 0.25) is 0 Å². The van der Waals surface area contributed by atoms with E-state index in [4.69, 9.17) is 9.47 Å². The van der Waals surface area contributed by atoms with Gasteiger partial charge in [0.05, 0.1) is 0 Å². The molecule has 2 amide bonds. The maximum Gasteiger partial charge on any atom is 0.420 e. The molecule has 152 valence electrons. The summed E-state index contributed by atoms with van der Waals surface area (Å²) in [5.74, 6) is 0. The zero-order valence-corrected chi connectivity index (χ0v) is 18.5. The molecule has 0 fully saturated rings. The van der Waals surface area contributed by atoms with E-state index >= 15 is 0 Å². The molecule has 0 aliphatic carbocycles. The van der Waals surface area contributed by atoms with Crippen molar-refractivity contribution in [1.29, 1.82) is 0 Å². The van der Waals surface area contributed by atoms with Crippen molar-refractivity contribution < 1.29 is 19.1 Å². The number of carbonyl (C=O) groups is 2. The van der Waals surface area contributed by atoms with Crippen molar-refractivity contribution in [2.24, 2.45) is 0 Å². The van der Waals surface area contributed by atoms with Crippen molar-refractivity contribution in [3.63, 3.8) is 0 Å². The maximum absolute atomic E-state index is 12.7. The third kappa shape index (κ3) is 7.24. The van der Waals surface area contributed by atoms with E-state index in [9.17, 15) is 9.59 Å². The SMILES string of the molecule is Cc1cc(C)c(C[C@@H](C)N(C(=O)OC(C)(C)C)C(=O)OC(C)(C)C)cc1C. The van der Waals surface area contributed by atoms with E-state index in [2.05, 4.69) is 26.0 Å². The van der Waals surface area contributed by atoms with Crippen LogP contribution in [0.15, 0.2) is 12.1 Å². The number of rotatable bonds is 3. The van der Waals surface area contributed by atoms with Gasteiger partial charge in [0, 0.05) is 6.04 Å². The predicted octanol–water partition coefficient (Wildman–Crippen LogP) is 5.72. The minimum atomic E-state index is -0.701. The van der Waals surface area contributed by atoms with Crippen LogP contribution in [0.25, 0.3) is 0 Å². The van der Waals surface area contributed by atoms with Gasteiger partial charge in [0.15, 0.2) is 0 Å². The Morgan fingerprint density at radius 3 is 1.67 bits per heavy atom. The lowest BCUT2D eigenvalue weighted by molar-refractivity contribution is -0.00573. The zero-order chi connectivity index (χ0) is 21.2. The van der Waals surface area contributed by atoms with E-state index < -0.39 is 29.4 Å². The molecule has 0 unspecified atom stereocenters. The van der Waals surface area contributed by atoms with E-state index in [1.807, 2.05) is 13.8 Å². The van der Waals surface area contributed by atoms with Gasteiger partial charge in [-0.2, -0.15) is 0 Å². The number of nitrogens with zero attached hydrogens (tertiary/aromatic N) is 1. The van der Waals surface area contributed by atoms with E-state index in [-0.39, 0.29) is 0 Å². The van der Waals surface area contributed by atoms with Gasteiger partial charge in [0.2, 0.25) is 0 Å². The van der Waals surface area contributed by atoms with Gasteiger partial charge in [-0.1, -0.05) is 12.1 Å². The highest BCUT2D eigenvalue weighted by atomic mass is 16.6. The van der Waals surface area contributed by atoms with Gasteiger partial charge in [0.25, 0.3) is 0 Å². The summed E-state index contributed by atoms with van der Waals surface area (Å²) >= 11 is 0. The zero-order valence-electron chi connectivity index (χ0n) is 18.5. The first-order chi connectivity index (χ1) is 12.1. The molecule has 5 nitrogen and oxygen atoms in total. The van der Waals surface area contributed by atoms with Crippen molar-refractivity contribution in [1.82, 2.24) is 4.90 Å². The number of benzene rings is 1. The molecule has 0 radical (unpaired) electrons. The van der Waals surface area contributed by atoms with Crippen LogP contribution in [0.5, 0.6) is 0 Å². The van der Waals surface area contributed by atoms with Gasteiger partial charge in [0.1, 0.15) is 11.2 Å². The minimum Gasteiger partial charge on any atom is -0.443 e. The Labute approximate surface area is 164 Å². The molecule has 0 spiro atoms. The second-order valence-electron chi connectivity index (χ2n) is 9.25. The monoisotopic (exact) mass is 377 g/mol. The molecule has 0 bridgehead atoms. The summed E-state index contributed by atoms with van der Waals surface area (Å²) in [4.78, 5) is 26.5. The fourth-order valence-corrected chi connectivity index (χ4v) is 2.71. The molecule has 5 heteroatoms. The van der Waals surface area contributed by atoms with Crippen LogP contribution < -0.4 is 0 Å². The average Bonchev–Trinajstić information content (AvgIpc) is 2.40. The molecule has 0 saturated heterocycles. The van der Waals surface area contributed by atoms with Crippen LogP contribution in [0.3, 0.4) is 0 Å². The molecule has 0 aliphatic heterocycles. The lowest BCUT2D eigenvalue weighted by Crippen LogP contribution is -2.48. The fourth-order valence-electron chi connectivity index (χ4n) is 2.71. The van der Waals surface area contributed by atoms with Crippen molar-refractivity contribution >= 4 is 12.2 Å². The van der Waals surface area contributed by atoms with E-state index in [1.165, 1.54) is 11.1 Å². The fraction of sp³-hybridized carbons (Fsp3) is 0.636. The summed E-state index contributed by atoms with van der Waals surface area (Å²) in [5.41, 5.74) is 3.24. The Morgan fingerprint density at radius 2 is 1.26 bits per heavy atom. The molecule has 0 aliphatic rings. The number of carbonyl (C=O) groups excluding carboxylic acids is 2. The first kappa shape index (κ1) is 23.0. The molecule has 1 atom stereocenters. The molecule has 0 N–H and O–H groups in total. The van der Waals surface area contributed by atoms with Crippen molar-refractivity contribution in [3.05, 3.63) is 34.4 Å². The standard InChI is InChI=1S/C22H35NO4/c1-14-11-16(3)18(12-15(14)2)13-17(4)23(19(24)26-21(5,6)7)20(25)27-22(8,9)10/h11-12,17H,13H2,1-10H3/t17-/m1/s1. The van der Waals surface area contributed by atoms with Gasteiger partial charge < -0.3 is 9.47 Å². The topological polar surface area (TPSA) is 55.8 Å². The number of imide groups is 1. The molecule has 1 rings (SSSR count). The highest BCUT2D eigenvalue weighted by molar-refractivity contribution is 5.88. The maximum atomic E-state index is 12.7. The number of aryl methyl sites for hydroxylation is 3. The molecule has 27 heavy (non-hydrogen) atoms. The number of ether oxygens (including phenoxy) is 2. The van der Waals surface area contributed by atoms with E-state index in [0.717, 1.165) is 16.0 Å². The van der Waals surface area contributed by atoms with Gasteiger partial charge in [-0.15, -0.1) is 0 Å². The highest BCUT2D eigenvalue weighted by Crippen LogP contribution is 2.22. The lowest BCUT2D eigenvalue weighted by Gasteiger charge is -2.32. The van der Waals surface area contributed by atoms with E-state index in [0.29, 0.717) is 6.42 Å². The minimum absolute atomic E-state index is 0.407. The summed E-state index contributed by atoms with van der Waals surface area (Å²) < 4.78 is 10.9. The van der Waals surface area contributed by atoms with Gasteiger partial charge in [-0.05, 0) is 97.9 Å². The smallest absolute Gasteiger partial charge is 0.420 e. The lowest BCUT2D eigenvalue weighted by atomic mass is 9.96. The Morgan fingerprint density at radius 1 is 0.852 bits per heavy atom. The number of hydrogen-bond donors (Lipinski definition) is 0. The van der Waals surface area contributed by atoms with Gasteiger partial charge >= 0.3 is 12.2 Å². The summed E-state index contributed by atoms with van der Waals surface area (Å²) in [6.07, 6.45) is -0.845. The molecule has 0 saturated carbocycles. The molecule has 1 aromatic rings. The van der Waals surface area contributed by atoms with Crippen molar-refractivity contribution in [2.75, 3.05) is 0 Å². The first-order valence-electron chi connectivity index (χ1n) is 9.42. The van der Waals surface area contributed by atoms with Crippen LogP contribution in [-0.4, -0.2) is 34.3 Å². The summed E-state index contributed by atoms with van der Waals surface area (Å²) in [6.45, 7) is 18.7. The van der Waals surface area contributed by atoms with Crippen LogP contribution >= 0.6 is 0 Å². The normalized spacial score (nSPS) is 13.1. The first-order valence-corrected chi connectivity index (χ1v) is 9.42. The third-order valence-electron chi connectivity index (χ3n) is 4.09. The third-order valence-corrected chi connectivity index (χ3v) is 4.09. The van der Waals surface area contributed by atoms with Crippen molar-refractivity contribution in [3.8, 4) is 0 Å². The van der Waals surface area contributed by atoms with Crippen molar-refractivity contribution in [2.45, 2.75) is 92.9 Å². The highest BCUT2D eigenvalue weighted by Gasteiger charge is 2.35. The van der Waals surface area contributed by atoms with Crippen LogP contribution in [0, 0.1) is 20.8 Å². The Hall–Kier alpha value is -2.04. The summed E-state index contributed by atoms with van der Waals surface area (Å²) in [6, 6.07) is 3.84. The summed E-state index contributed by atoms with van der Waals surface area (Å²) in [7, 11) is 0. The predicted molar refractivity (Wildman–Crippen MR) is 108 cm³/mol. The number of hydrogen-bond acceptors (Lipinski definition) is 4. The Bertz CT molecular complexity index is 667. The van der Waals surface area contributed by atoms with Crippen LogP contribution in [0.1, 0.15) is 70.7 Å². The second-order valence-corrected chi connectivity index (χ2v) is 9.25. The molecular weight excluding hydrogens is 342 g/mol. The average molecular weight is 378 g/mol. The summed E-state index contributed by atoms with van der Waals surface area (Å²) in [5, 5.41) is 0. The molecule has 0 aromatic heterocycles. The van der Waals surface area contributed by atoms with Crippen LogP contribution in [0.4, 0.5) is 9.59 Å². The molecular formula is C22H35NO4.